The number of hydrogen-bond acceptors (Lipinski definition) is 7. The Balaban J connectivity index is 1.73. The number of H-pyrrole nitrogens is 1. The van der Waals surface area contributed by atoms with Gasteiger partial charge in [-0.05, 0) is 51.2 Å². The van der Waals surface area contributed by atoms with Gasteiger partial charge in [0.15, 0.2) is 0 Å². The van der Waals surface area contributed by atoms with Crippen LogP contribution in [-0.2, 0) is 5.41 Å². The lowest BCUT2D eigenvalue weighted by Gasteiger charge is -2.28. The number of anilines is 2. The minimum atomic E-state index is -0.419. The van der Waals surface area contributed by atoms with Gasteiger partial charge in [0.1, 0.15) is 17.5 Å². The maximum Gasteiger partial charge on any atom is 0.288 e. The maximum atomic E-state index is 12.8. The third-order valence-corrected chi connectivity index (χ3v) is 5.72. The first kappa shape index (κ1) is 19.9. The second-order valence-electron chi connectivity index (χ2n) is 8.77. The number of rotatable bonds is 3. The van der Waals surface area contributed by atoms with Gasteiger partial charge in [-0.3, -0.25) is 4.79 Å². The highest BCUT2D eigenvalue weighted by molar-refractivity contribution is 5.75. The van der Waals surface area contributed by atoms with Crippen molar-refractivity contribution in [3.63, 3.8) is 0 Å². The van der Waals surface area contributed by atoms with Crippen LogP contribution in [-0.4, -0.2) is 37.5 Å². The molecule has 2 aromatic heterocycles. The molecule has 5 rings (SSSR count). The molecule has 0 saturated carbocycles. The predicted octanol–water partition coefficient (Wildman–Crippen LogP) is 3.42. The number of fused-ring (bicyclic) bond motifs is 2. The van der Waals surface area contributed by atoms with E-state index < -0.39 is 6.04 Å². The van der Waals surface area contributed by atoms with Crippen molar-refractivity contribution in [2.24, 2.45) is 0 Å². The third kappa shape index (κ3) is 3.22. The zero-order chi connectivity index (χ0) is 22.5. The number of methoxy groups -OCH3 is 1. The summed E-state index contributed by atoms with van der Waals surface area (Å²) in [5, 5.41) is 22.2. The second kappa shape index (κ2) is 7.30. The van der Waals surface area contributed by atoms with E-state index in [0.717, 1.165) is 16.9 Å². The Hall–Kier alpha value is -4.01. The largest absolute Gasteiger partial charge is 0.497 e. The fraction of sp³-hybridized carbons (Fsp3) is 0.261. The van der Waals surface area contributed by atoms with E-state index in [9.17, 15) is 4.79 Å². The second-order valence-corrected chi connectivity index (χ2v) is 8.77. The molecule has 0 aliphatic carbocycles. The molecule has 32 heavy (non-hydrogen) atoms. The molecule has 9 nitrogen and oxygen atoms in total. The molecule has 0 saturated heterocycles. The fourth-order valence-electron chi connectivity index (χ4n) is 3.98. The molecule has 2 aromatic carbocycles. The zero-order valence-corrected chi connectivity index (χ0v) is 18.2. The molecule has 1 aliphatic heterocycles. The standard InChI is InChI=1S/C23H23N7O2/c1-23(2,3)15-9-5-14(6-10-15)20-17-18(13-7-11-16(32-4)12-8-13)25-26-21(31)19(17)24-22-27-28-29-30(20)22/h5-12,20H,1-4H3,(H,26,31)(H,24,27,29)/t20-/m1/s1. The van der Waals surface area contributed by atoms with Crippen molar-refractivity contribution in [2.45, 2.75) is 32.2 Å². The van der Waals surface area contributed by atoms with Gasteiger partial charge >= 0.3 is 0 Å². The Morgan fingerprint density at radius 1 is 1.03 bits per heavy atom. The molecule has 0 amide bonds. The molecule has 9 heteroatoms. The minimum Gasteiger partial charge on any atom is -0.497 e. The lowest BCUT2D eigenvalue weighted by atomic mass is 9.85. The molecule has 0 unspecified atom stereocenters. The summed E-state index contributed by atoms with van der Waals surface area (Å²) in [7, 11) is 1.62. The first-order chi connectivity index (χ1) is 15.4. The summed E-state index contributed by atoms with van der Waals surface area (Å²) in [4.78, 5) is 12.8. The van der Waals surface area contributed by atoms with Crippen LogP contribution in [0.2, 0.25) is 0 Å². The van der Waals surface area contributed by atoms with Crippen LogP contribution in [0.25, 0.3) is 11.3 Å². The highest BCUT2D eigenvalue weighted by Gasteiger charge is 2.34. The Kier molecular flexibility index (Phi) is 4.54. The lowest BCUT2D eigenvalue weighted by Crippen LogP contribution is -2.29. The summed E-state index contributed by atoms with van der Waals surface area (Å²) < 4.78 is 6.96. The van der Waals surface area contributed by atoms with Gasteiger partial charge in [-0.2, -0.15) is 9.78 Å². The van der Waals surface area contributed by atoms with Gasteiger partial charge < -0.3 is 10.1 Å². The highest BCUT2D eigenvalue weighted by atomic mass is 16.5. The number of aromatic amines is 1. The predicted molar refractivity (Wildman–Crippen MR) is 120 cm³/mol. The summed E-state index contributed by atoms with van der Waals surface area (Å²) in [6, 6.07) is 15.5. The first-order valence-electron chi connectivity index (χ1n) is 10.3. The van der Waals surface area contributed by atoms with Crippen LogP contribution in [0.15, 0.2) is 53.3 Å². The average Bonchev–Trinajstić information content (AvgIpc) is 3.26. The van der Waals surface area contributed by atoms with Gasteiger partial charge in [-0.15, -0.1) is 0 Å². The molecule has 3 heterocycles. The van der Waals surface area contributed by atoms with Gasteiger partial charge in [0.25, 0.3) is 5.56 Å². The molecule has 1 aliphatic rings. The van der Waals surface area contributed by atoms with Crippen LogP contribution >= 0.6 is 0 Å². The molecule has 162 valence electrons. The quantitative estimate of drug-likeness (QED) is 0.452. The van der Waals surface area contributed by atoms with Gasteiger partial charge in [0.05, 0.1) is 12.8 Å². The van der Waals surface area contributed by atoms with Crippen molar-refractivity contribution in [2.75, 3.05) is 12.4 Å². The maximum absolute atomic E-state index is 12.8. The van der Waals surface area contributed by atoms with E-state index in [1.54, 1.807) is 11.8 Å². The molecule has 0 spiro atoms. The van der Waals surface area contributed by atoms with Crippen molar-refractivity contribution >= 4 is 11.6 Å². The zero-order valence-electron chi connectivity index (χ0n) is 18.2. The number of aromatic nitrogens is 6. The number of tetrazole rings is 1. The smallest absolute Gasteiger partial charge is 0.288 e. The molecular weight excluding hydrogens is 406 g/mol. The van der Waals surface area contributed by atoms with Crippen LogP contribution in [0.3, 0.4) is 0 Å². The van der Waals surface area contributed by atoms with E-state index in [0.29, 0.717) is 22.9 Å². The Morgan fingerprint density at radius 2 is 1.75 bits per heavy atom. The summed E-state index contributed by atoms with van der Waals surface area (Å²) in [6.07, 6.45) is 0. The molecular formula is C23H23N7O2. The average molecular weight is 429 g/mol. The van der Waals surface area contributed by atoms with Crippen molar-refractivity contribution in [3.8, 4) is 17.0 Å². The van der Waals surface area contributed by atoms with E-state index in [2.05, 4.69) is 76.1 Å². The molecule has 4 aromatic rings. The number of nitrogens with zero attached hydrogens (tertiary/aromatic N) is 5. The normalized spacial score (nSPS) is 14.9. The van der Waals surface area contributed by atoms with Crippen LogP contribution in [0, 0.1) is 0 Å². The van der Waals surface area contributed by atoms with Crippen LogP contribution < -0.4 is 15.6 Å². The van der Waals surface area contributed by atoms with E-state index in [1.165, 1.54) is 5.56 Å². The van der Waals surface area contributed by atoms with Crippen molar-refractivity contribution in [1.82, 2.24) is 30.4 Å². The van der Waals surface area contributed by atoms with Crippen molar-refractivity contribution in [3.05, 3.63) is 75.6 Å². The summed E-state index contributed by atoms with van der Waals surface area (Å²) >= 11 is 0. The monoisotopic (exact) mass is 429 g/mol. The number of hydrogen-bond donors (Lipinski definition) is 2. The van der Waals surface area contributed by atoms with Gasteiger partial charge in [0, 0.05) is 11.1 Å². The van der Waals surface area contributed by atoms with Crippen LogP contribution in [0.4, 0.5) is 11.6 Å². The number of benzene rings is 2. The first-order valence-corrected chi connectivity index (χ1v) is 10.3. The Bertz CT molecular complexity index is 1330. The van der Waals surface area contributed by atoms with E-state index in [4.69, 9.17) is 4.74 Å². The summed E-state index contributed by atoms with van der Waals surface area (Å²) in [5.41, 5.74) is 4.44. The summed E-state index contributed by atoms with van der Waals surface area (Å²) in [5.74, 6) is 1.14. The van der Waals surface area contributed by atoms with E-state index in [-0.39, 0.29) is 11.0 Å². The van der Waals surface area contributed by atoms with E-state index >= 15 is 0 Å². The molecule has 0 bridgehead atoms. The number of nitrogens with one attached hydrogen (secondary N) is 2. The minimum absolute atomic E-state index is 0.0253. The van der Waals surface area contributed by atoms with Gasteiger partial charge in [-0.25, -0.2) is 5.10 Å². The van der Waals surface area contributed by atoms with Crippen LogP contribution in [0.5, 0.6) is 5.75 Å². The summed E-state index contributed by atoms with van der Waals surface area (Å²) in [6.45, 7) is 6.52. The lowest BCUT2D eigenvalue weighted by molar-refractivity contribution is 0.415. The van der Waals surface area contributed by atoms with Crippen LogP contribution in [0.1, 0.15) is 43.5 Å². The Labute approximate surface area is 184 Å². The van der Waals surface area contributed by atoms with Gasteiger partial charge in [-0.1, -0.05) is 50.1 Å². The molecule has 0 fully saturated rings. The number of ether oxygens (including phenoxy) is 1. The fourth-order valence-corrected chi connectivity index (χ4v) is 3.98. The van der Waals surface area contributed by atoms with Gasteiger partial charge in [0.2, 0.25) is 5.95 Å². The highest BCUT2D eigenvalue weighted by Crippen LogP contribution is 2.41. The van der Waals surface area contributed by atoms with Crippen molar-refractivity contribution < 1.29 is 4.74 Å². The molecule has 2 N–H and O–H groups in total. The topological polar surface area (TPSA) is 111 Å². The molecule has 1 atom stereocenters. The van der Waals surface area contributed by atoms with E-state index in [1.807, 2.05) is 24.3 Å². The Morgan fingerprint density at radius 3 is 2.41 bits per heavy atom. The van der Waals surface area contributed by atoms with Crippen molar-refractivity contribution in [1.29, 1.82) is 0 Å². The SMILES string of the molecule is COc1ccc(-c2n[nH]c(=O)c3c2[C@@H](c2ccc(C(C)(C)C)cc2)n2nnnc2N3)cc1. The third-order valence-electron chi connectivity index (χ3n) is 5.72. The molecule has 0 radical (unpaired) electrons.